The first-order chi connectivity index (χ1) is 17.0. The summed E-state index contributed by atoms with van der Waals surface area (Å²) in [6.45, 7) is 9.77. The van der Waals surface area contributed by atoms with E-state index in [-0.39, 0.29) is 23.4 Å². The number of hydrogen-bond acceptors (Lipinski definition) is 5. The monoisotopic (exact) mass is 497 g/mol. The average molecular weight is 498 g/mol. The van der Waals surface area contributed by atoms with Crippen molar-refractivity contribution in [3.8, 4) is 5.75 Å². The van der Waals surface area contributed by atoms with Gasteiger partial charge in [-0.1, -0.05) is 12.1 Å². The number of nitrogens with one attached hydrogen (secondary N) is 1. The third-order valence-electron chi connectivity index (χ3n) is 6.85. The molecule has 2 amide bonds. The maximum atomic E-state index is 14.5. The fourth-order valence-electron chi connectivity index (χ4n) is 4.61. The van der Waals surface area contributed by atoms with Crippen LogP contribution in [0.3, 0.4) is 0 Å². The van der Waals surface area contributed by atoms with Crippen LogP contribution in [-0.2, 0) is 4.74 Å². The van der Waals surface area contributed by atoms with E-state index in [9.17, 15) is 14.0 Å². The second kappa shape index (κ2) is 10.1. The van der Waals surface area contributed by atoms with Crippen LogP contribution in [0, 0.1) is 12.7 Å². The van der Waals surface area contributed by atoms with E-state index in [1.807, 2.05) is 26.8 Å². The highest BCUT2D eigenvalue weighted by Gasteiger charge is 2.53. The third-order valence-corrected chi connectivity index (χ3v) is 6.85. The lowest BCUT2D eigenvalue weighted by molar-refractivity contribution is -0.00856. The molecule has 1 atom stereocenters. The molecule has 1 spiro atoms. The van der Waals surface area contributed by atoms with Crippen molar-refractivity contribution in [2.45, 2.75) is 57.8 Å². The Kier molecular flexibility index (Phi) is 7.27. The number of nitrogens with zero attached hydrogens (tertiary/aromatic N) is 2. The molecule has 4 rings (SSSR count). The second-order valence-electron chi connectivity index (χ2n) is 10.8. The van der Waals surface area contributed by atoms with E-state index >= 15 is 0 Å². The Morgan fingerprint density at radius 2 is 1.81 bits per heavy atom. The Labute approximate surface area is 212 Å². The quantitative estimate of drug-likeness (QED) is 0.627. The molecule has 8 heteroatoms. The number of aryl methyl sites for hydroxylation is 1. The van der Waals surface area contributed by atoms with Gasteiger partial charge in [-0.15, -0.1) is 0 Å². The van der Waals surface area contributed by atoms with Gasteiger partial charge < -0.3 is 19.7 Å². The van der Waals surface area contributed by atoms with Gasteiger partial charge in [0.2, 0.25) is 0 Å². The number of rotatable bonds is 6. The summed E-state index contributed by atoms with van der Waals surface area (Å²) >= 11 is 0. The maximum absolute atomic E-state index is 14.5. The van der Waals surface area contributed by atoms with Crippen LogP contribution < -0.4 is 10.1 Å². The summed E-state index contributed by atoms with van der Waals surface area (Å²) in [5.74, 6) is 0.162. The van der Waals surface area contributed by atoms with Gasteiger partial charge in [0.05, 0.1) is 0 Å². The van der Waals surface area contributed by atoms with Gasteiger partial charge in [0.25, 0.3) is 5.91 Å². The predicted octanol–water partition coefficient (Wildman–Crippen LogP) is 4.70. The molecule has 2 aromatic rings. The molecule has 1 aliphatic heterocycles. The summed E-state index contributed by atoms with van der Waals surface area (Å²) in [4.78, 5) is 28.7. The van der Waals surface area contributed by atoms with Crippen LogP contribution in [0.1, 0.15) is 61.2 Å². The first-order valence-corrected chi connectivity index (χ1v) is 12.5. The molecule has 1 heterocycles. The first-order valence-electron chi connectivity index (χ1n) is 12.5. The number of carbonyl (C=O) groups is 2. The minimum atomic E-state index is -0.535. The zero-order valence-corrected chi connectivity index (χ0v) is 21.8. The highest BCUT2D eigenvalue weighted by Crippen LogP contribution is 2.45. The Bertz CT molecular complexity index is 1110. The van der Waals surface area contributed by atoms with E-state index in [0.29, 0.717) is 43.1 Å². The molecule has 1 N–H and O–H groups in total. The van der Waals surface area contributed by atoms with Crippen LogP contribution in [0.15, 0.2) is 42.5 Å². The molecule has 7 nitrogen and oxygen atoms in total. The summed E-state index contributed by atoms with van der Waals surface area (Å²) in [6, 6.07) is 12.1. The van der Waals surface area contributed by atoms with Gasteiger partial charge in [0, 0.05) is 44.3 Å². The van der Waals surface area contributed by atoms with Crippen LogP contribution in [-0.4, -0.2) is 66.2 Å². The van der Waals surface area contributed by atoms with Crippen LogP contribution in [0.25, 0.3) is 0 Å². The average Bonchev–Trinajstić information content (AvgIpc) is 3.60. The summed E-state index contributed by atoms with van der Waals surface area (Å²) in [5.41, 5.74) is 1.23. The van der Waals surface area contributed by atoms with E-state index < -0.39 is 11.7 Å². The third kappa shape index (κ3) is 5.98. The smallest absolute Gasteiger partial charge is 0.410 e. The van der Waals surface area contributed by atoms with Gasteiger partial charge in [-0.3, -0.25) is 9.69 Å². The number of carbonyl (C=O) groups excluding carboxylic acids is 2. The summed E-state index contributed by atoms with van der Waals surface area (Å²) in [6.07, 6.45) is 1.28. The van der Waals surface area contributed by atoms with E-state index in [0.717, 1.165) is 18.4 Å². The van der Waals surface area contributed by atoms with Gasteiger partial charge in [-0.2, -0.15) is 0 Å². The van der Waals surface area contributed by atoms with E-state index in [1.54, 1.807) is 49.2 Å². The number of benzene rings is 2. The molecule has 2 fully saturated rings. The highest BCUT2D eigenvalue weighted by atomic mass is 19.1. The van der Waals surface area contributed by atoms with Crippen LogP contribution in [0.5, 0.6) is 5.75 Å². The summed E-state index contributed by atoms with van der Waals surface area (Å²) in [7, 11) is 1.59. The van der Waals surface area contributed by atoms with Crippen molar-refractivity contribution >= 4 is 12.0 Å². The topological polar surface area (TPSA) is 71.1 Å². The zero-order valence-electron chi connectivity index (χ0n) is 21.8. The minimum absolute atomic E-state index is 0.108. The van der Waals surface area contributed by atoms with Gasteiger partial charge in [0.15, 0.2) is 0 Å². The number of hydrogen-bond donors (Lipinski definition) is 1. The molecular formula is C28H36FN3O4. The molecule has 2 aromatic carbocycles. The molecule has 194 valence electrons. The Morgan fingerprint density at radius 3 is 2.39 bits per heavy atom. The van der Waals surface area contributed by atoms with Crippen molar-refractivity contribution in [3.05, 3.63) is 65.0 Å². The van der Waals surface area contributed by atoms with E-state index in [4.69, 9.17) is 9.47 Å². The second-order valence-corrected chi connectivity index (χ2v) is 10.8. The van der Waals surface area contributed by atoms with Crippen molar-refractivity contribution in [1.29, 1.82) is 0 Å². The van der Waals surface area contributed by atoms with Gasteiger partial charge in [-0.25, -0.2) is 9.18 Å². The number of halogens is 1. The fourth-order valence-corrected chi connectivity index (χ4v) is 4.61. The minimum Gasteiger partial charge on any atom is -0.484 e. The van der Waals surface area contributed by atoms with E-state index in [2.05, 4.69) is 10.2 Å². The lowest BCUT2D eigenvalue weighted by atomic mass is 10.0. The molecule has 0 aromatic heterocycles. The fraction of sp³-hybridized carbons (Fsp3) is 0.500. The zero-order chi connectivity index (χ0) is 26.1. The standard InChI is InChI=1S/C28H36FN3O4/c1-19-6-7-21(16-23(19)29)24(35-22-10-8-20(9-11-22)25(33)30-5)17-32-15-14-31(18-28(32)12-13-28)26(34)36-27(2,3)4/h6-11,16,24H,12-15,17-18H2,1-5H3,(H,30,33)/t24-/m1/s1. The largest absolute Gasteiger partial charge is 0.484 e. The lowest BCUT2D eigenvalue weighted by Crippen LogP contribution is -2.58. The van der Waals surface area contributed by atoms with Gasteiger partial charge in [-0.05, 0) is 82.0 Å². The van der Waals surface area contributed by atoms with Crippen LogP contribution in [0.4, 0.5) is 9.18 Å². The molecule has 1 aliphatic carbocycles. The number of amides is 2. The Balaban J connectivity index is 1.52. The molecule has 0 bridgehead atoms. The summed E-state index contributed by atoms with van der Waals surface area (Å²) < 4.78 is 26.5. The Hall–Kier alpha value is -3.13. The van der Waals surface area contributed by atoms with Gasteiger partial charge >= 0.3 is 6.09 Å². The number of piperazine rings is 1. The van der Waals surface area contributed by atoms with Gasteiger partial charge in [0.1, 0.15) is 23.3 Å². The predicted molar refractivity (Wildman–Crippen MR) is 136 cm³/mol. The van der Waals surface area contributed by atoms with E-state index in [1.165, 1.54) is 6.07 Å². The lowest BCUT2D eigenvalue weighted by Gasteiger charge is -2.43. The SMILES string of the molecule is CNC(=O)c1ccc(O[C@H](CN2CCN(C(=O)OC(C)(C)C)CC23CC3)c2ccc(C)c(F)c2)cc1. The van der Waals surface area contributed by atoms with Crippen molar-refractivity contribution in [3.63, 3.8) is 0 Å². The van der Waals surface area contributed by atoms with Crippen molar-refractivity contribution in [2.75, 3.05) is 33.2 Å². The van der Waals surface area contributed by atoms with Crippen molar-refractivity contribution in [1.82, 2.24) is 15.1 Å². The van der Waals surface area contributed by atoms with Crippen LogP contribution in [0.2, 0.25) is 0 Å². The Morgan fingerprint density at radius 1 is 1.11 bits per heavy atom. The highest BCUT2D eigenvalue weighted by molar-refractivity contribution is 5.94. The molecule has 1 saturated heterocycles. The molecule has 0 unspecified atom stereocenters. The molecular weight excluding hydrogens is 461 g/mol. The number of ether oxygens (including phenoxy) is 2. The summed E-state index contributed by atoms with van der Waals surface area (Å²) in [5, 5.41) is 2.61. The van der Waals surface area contributed by atoms with Crippen molar-refractivity contribution < 1.29 is 23.5 Å². The molecule has 0 radical (unpaired) electrons. The first kappa shape index (κ1) is 25.9. The maximum Gasteiger partial charge on any atom is 0.410 e. The molecule has 36 heavy (non-hydrogen) atoms. The molecule has 2 aliphatic rings. The van der Waals surface area contributed by atoms with Crippen LogP contribution >= 0.6 is 0 Å². The normalized spacial score (nSPS) is 18.0. The molecule has 1 saturated carbocycles. The van der Waals surface area contributed by atoms with Crippen molar-refractivity contribution in [2.24, 2.45) is 0 Å².